The van der Waals surface area contributed by atoms with E-state index in [0.717, 1.165) is 63.4 Å². The van der Waals surface area contributed by atoms with E-state index in [2.05, 4.69) is 11.8 Å². The number of likely N-dealkylation sites (N-methyl/N-ethyl adjacent to an activating group) is 2. The van der Waals surface area contributed by atoms with Gasteiger partial charge in [-0.3, -0.25) is 14.4 Å². The van der Waals surface area contributed by atoms with Crippen molar-refractivity contribution in [2.45, 2.75) is 84.7 Å². The number of nitrogens with zero attached hydrogens (tertiary/aromatic N) is 6. The summed E-state index contributed by atoms with van der Waals surface area (Å²) in [5.41, 5.74) is 1.90. The first-order valence-corrected chi connectivity index (χ1v) is 17.3. The van der Waals surface area contributed by atoms with Crippen molar-refractivity contribution in [3.63, 3.8) is 0 Å². The van der Waals surface area contributed by atoms with E-state index in [4.69, 9.17) is 24.2 Å². The molecule has 0 unspecified atom stereocenters. The van der Waals surface area contributed by atoms with Gasteiger partial charge >= 0.3 is 18.0 Å². The van der Waals surface area contributed by atoms with Gasteiger partial charge in [0.25, 0.3) is 5.56 Å². The van der Waals surface area contributed by atoms with Crippen molar-refractivity contribution in [3.05, 3.63) is 51.3 Å². The molecule has 3 aliphatic rings. The third-order valence-electron chi connectivity index (χ3n) is 9.41. The van der Waals surface area contributed by atoms with Gasteiger partial charge in [-0.15, -0.1) is 0 Å². The summed E-state index contributed by atoms with van der Waals surface area (Å²) < 4.78 is 18.3. The van der Waals surface area contributed by atoms with Crippen LogP contribution in [-0.2, 0) is 47.3 Å². The normalized spacial score (nSPS) is 17.0. The van der Waals surface area contributed by atoms with E-state index < -0.39 is 41.7 Å². The van der Waals surface area contributed by atoms with E-state index in [1.165, 1.54) is 14.1 Å². The van der Waals surface area contributed by atoms with E-state index in [1.54, 1.807) is 38.3 Å². The maximum absolute atomic E-state index is 14.2. The summed E-state index contributed by atoms with van der Waals surface area (Å²) in [5, 5.41) is 0.923. The maximum atomic E-state index is 14.2. The lowest BCUT2D eigenvalue weighted by Crippen LogP contribution is -2.49. The van der Waals surface area contributed by atoms with Crippen LogP contribution in [0, 0.1) is 0 Å². The number of ether oxygens (including phenoxy) is 3. The second kappa shape index (κ2) is 13.5. The van der Waals surface area contributed by atoms with E-state index in [9.17, 15) is 24.0 Å². The first-order chi connectivity index (χ1) is 24.2. The summed E-state index contributed by atoms with van der Waals surface area (Å²) in [4.78, 5) is 80.6. The molecule has 0 saturated carbocycles. The van der Waals surface area contributed by atoms with Gasteiger partial charge in [0.2, 0.25) is 11.5 Å². The van der Waals surface area contributed by atoms with Gasteiger partial charge in [0, 0.05) is 31.8 Å². The summed E-state index contributed by atoms with van der Waals surface area (Å²) in [6.07, 6.45) is 4.22. The summed E-state index contributed by atoms with van der Waals surface area (Å²) in [6, 6.07) is 7.49. The van der Waals surface area contributed by atoms with Gasteiger partial charge in [-0.2, -0.15) is 0 Å². The van der Waals surface area contributed by atoms with Crippen molar-refractivity contribution in [2.24, 2.45) is 4.99 Å². The Labute approximate surface area is 296 Å². The highest BCUT2D eigenvalue weighted by atomic mass is 16.6. The second-order valence-corrected chi connectivity index (χ2v) is 14.2. The minimum atomic E-state index is -1.93. The number of aliphatic imine (C=N–C) groups is 1. The van der Waals surface area contributed by atoms with Crippen LogP contribution in [0.25, 0.3) is 22.3 Å². The summed E-state index contributed by atoms with van der Waals surface area (Å²) in [5.74, 6) is -2.25. The monoisotopic (exact) mass is 700 g/mol. The predicted molar refractivity (Wildman–Crippen MR) is 190 cm³/mol. The van der Waals surface area contributed by atoms with Gasteiger partial charge in [-0.25, -0.2) is 19.6 Å². The standard InChI is InChI=1S/C37H44N6O8/c1-8-10-11-15-42-21-38-25-13-12-14-26-30(25)32(42)22-17-43-27(31(22)39-26)16-24-23(33(43)46)20-49-34(47)37(24,9-2)50-29(45)19-40(6)28(44)18-41(7)35(48)51-36(3,4)5/h12-14,16,21H,8-11,15,17-20H2,1-7H3/t37-/m0/s1. The van der Waals surface area contributed by atoms with Crippen LogP contribution in [0.4, 0.5) is 16.2 Å². The lowest BCUT2D eigenvalue weighted by atomic mass is 9.85. The number of carbonyl (C=O) groups excluding carboxylic acids is 4. The fourth-order valence-corrected chi connectivity index (χ4v) is 6.80. The molecule has 3 aliphatic heterocycles. The lowest BCUT2D eigenvalue weighted by Gasteiger charge is -2.36. The zero-order valence-corrected chi connectivity index (χ0v) is 30.2. The van der Waals surface area contributed by atoms with E-state index in [1.807, 2.05) is 24.5 Å². The first kappa shape index (κ1) is 35.6. The summed E-state index contributed by atoms with van der Waals surface area (Å²) >= 11 is 0. The molecule has 0 spiro atoms. The lowest BCUT2D eigenvalue weighted by molar-refractivity contribution is -0.190. The van der Waals surface area contributed by atoms with Crippen molar-refractivity contribution in [3.8, 4) is 11.4 Å². The number of rotatable bonds is 10. The van der Waals surface area contributed by atoms with E-state index in [0.29, 0.717) is 11.4 Å². The Balaban J connectivity index is 1.33. The minimum Gasteiger partial charge on any atom is -0.457 e. The Kier molecular flexibility index (Phi) is 9.38. The van der Waals surface area contributed by atoms with Crippen LogP contribution < -0.4 is 10.5 Å². The van der Waals surface area contributed by atoms with Crippen molar-refractivity contribution >= 4 is 52.6 Å². The number of pyridine rings is 2. The molecule has 0 saturated heterocycles. The molecule has 3 aromatic rings. The zero-order chi connectivity index (χ0) is 36.8. The average Bonchev–Trinajstić information content (AvgIpc) is 3.45. The Bertz CT molecular complexity index is 2030. The molecule has 14 heteroatoms. The smallest absolute Gasteiger partial charge is 0.410 e. The molecule has 0 fully saturated rings. The Morgan fingerprint density at radius 1 is 1.04 bits per heavy atom. The maximum Gasteiger partial charge on any atom is 0.410 e. The number of unbranched alkanes of at least 4 members (excludes halogenated alkanes) is 2. The molecule has 1 atom stereocenters. The predicted octanol–water partition coefficient (Wildman–Crippen LogP) is 4.63. The fourth-order valence-electron chi connectivity index (χ4n) is 6.80. The molecule has 270 valence electrons. The number of anilines is 1. The van der Waals surface area contributed by atoms with Crippen molar-refractivity contribution in [1.29, 1.82) is 0 Å². The number of hydrogen-bond donors (Lipinski definition) is 0. The highest BCUT2D eigenvalue weighted by Gasteiger charge is 2.50. The molecular formula is C37H44N6O8. The molecule has 6 rings (SSSR count). The molecule has 2 aromatic heterocycles. The van der Waals surface area contributed by atoms with Crippen LogP contribution >= 0.6 is 0 Å². The molecule has 0 N–H and O–H groups in total. The number of cyclic esters (lactones) is 1. The molecular weight excluding hydrogens is 656 g/mol. The van der Waals surface area contributed by atoms with E-state index >= 15 is 0 Å². The van der Waals surface area contributed by atoms with Crippen LogP contribution in [-0.4, -0.2) is 89.0 Å². The Morgan fingerprint density at radius 2 is 1.80 bits per heavy atom. The highest BCUT2D eigenvalue weighted by molar-refractivity contribution is 6.11. The molecule has 14 nitrogen and oxygen atoms in total. The molecule has 0 radical (unpaired) electrons. The number of amides is 2. The number of benzene rings is 1. The number of esters is 2. The Morgan fingerprint density at radius 3 is 2.51 bits per heavy atom. The van der Waals surface area contributed by atoms with E-state index in [-0.39, 0.29) is 42.8 Å². The van der Waals surface area contributed by atoms with Crippen LogP contribution in [0.5, 0.6) is 0 Å². The van der Waals surface area contributed by atoms with Gasteiger partial charge in [0.15, 0.2) is 0 Å². The third kappa shape index (κ3) is 6.43. The van der Waals surface area contributed by atoms with Gasteiger partial charge in [-0.05, 0) is 51.8 Å². The SMILES string of the molecule is CCCCCN1C=Nc2cccc3nc4c(c1c23)Cn1c-4cc2c(c1=O)COC(=O)[C@@]2(CC)OC(=O)CN(C)C(=O)CN(C)C(=O)OC(C)(C)C. The van der Waals surface area contributed by atoms with Crippen molar-refractivity contribution in [2.75, 3.05) is 38.6 Å². The van der Waals surface area contributed by atoms with Crippen molar-refractivity contribution in [1.82, 2.24) is 19.4 Å². The second-order valence-electron chi connectivity index (χ2n) is 14.2. The molecule has 51 heavy (non-hydrogen) atoms. The summed E-state index contributed by atoms with van der Waals surface area (Å²) in [7, 11) is 2.80. The van der Waals surface area contributed by atoms with Crippen molar-refractivity contribution < 1.29 is 33.4 Å². The number of hydrogen-bond acceptors (Lipinski definition) is 11. The van der Waals surface area contributed by atoms with Crippen LogP contribution in [0.3, 0.4) is 0 Å². The van der Waals surface area contributed by atoms with Gasteiger partial charge in [0.05, 0.1) is 52.1 Å². The zero-order valence-electron chi connectivity index (χ0n) is 30.2. The molecule has 5 heterocycles. The highest BCUT2D eigenvalue weighted by Crippen LogP contribution is 2.47. The fraction of sp³-hybridized carbons (Fsp3) is 0.486. The van der Waals surface area contributed by atoms with Crippen LogP contribution in [0.2, 0.25) is 0 Å². The van der Waals surface area contributed by atoms with Gasteiger partial charge in [-0.1, -0.05) is 32.8 Å². The Hall–Kier alpha value is -5.27. The van der Waals surface area contributed by atoms with Crippen LogP contribution in [0.1, 0.15) is 77.0 Å². The largest absolute Gasteiger partial charge is 0.457 e. The number of fused-ring (bicyclic) bond motifs is 5. The minimum absolute atomic E-state index is 0.0270. The topological polar surface area (TPSA) is 153 Å². The van der Waals surface area contributed by atoms with Crippen LogP contribution in [0.15, 0.2) is 34.1 Å². The number of aromatic nitrogens is 2. The van der Waals surface area contributed by atoms with Gasteiger partial charge < -0.3 is 33.5 Å². The number of carbonyl (C=O) groups is 4. The van der Waals surface area contributed by atoms with Gasteiger partial charge in [0.1, 0.15) is 25.3 Å². The molecule has 2 amide bonds. The molecule has 1 aromatic carbocycles. The average molecular weight is 701 g/mol. The quantitative estimate of drug-likeness (QED) is 0.130. The third-order valence-corrected chi connectivity index (χ3v) is 9.41. The molecule has 0 bridgehead atoms. The first-order valence-electron chi connectivity index (χ1n) is 17.3. The summed E-state index contributed by atoms with van der Waals surface area (Å²) in [6.45, 7) is 8.83. The molecule has 0 aliphatic carbocycles.